The second-order valence-corrected chi connectivity index (χ2v) is 17.7. The molecule has 1 aromatic heterocycles. The number of morpholine rings is 1. The number of allylic oxidation sites excluding steroid dienone is 2. The van der Waals surface area contributed by atoms with E-state index in [4.69, 9.17) is 26.1 Å². The summed E-state index contributed by atoms with van der Waals surface area (Å²) in [5, 5.41) is 3.24. The van der Waals surface area contributed by atoms with Crippen LogP contribution in [0.1, 0.15) is 67.6 Å². The fourth-order valence-electron chi connectivity index (χ4n) is 8.51. The number of amides is 1. The molecule has 6 aliphatic rings. The lowest BCUT2D eigenvalue weighted by Gasteiger charge is -2.43. The number of ketones is 1. The number of nitrogens with one attached hydrogen (secondary N) is 2. The van der Waals surface area contributed by atoms with Crippen molar-refractivity contribution in [1.29, 1.82) is 0 Å². The van der Waals surface area contributed by atoms with E-state index < -0.39 is 21.2 Å². The van der Waals surface area contributed by atoms with Crippen molar-refractivity contribution in [2.75, 3.05) is 64.0 Å². The zero-order valence-electron chi connectivity index (χ0n) is 29.6. The summed E-state index contributed by atoms with van der Waals surface area (Å²) >= 11 is 6.36. The molecule has 2 saturated heterocycles. The Hall–Kier alpha value is -3.03. The van der Waals surface area contributed by atoms with Gasteiger partial charge in [0.15, 0.2) is 17.4 Å². The van der Waals surface area contributed by atoms with Gasteiger partial charge in [-0.1, -0.05) is 30.7 Å². The molecule has 2 N–H and O–H groups in total. The molecule has 2 bridgehead atoms. The van der Waals surface area contributed by atoms with E-state index in [0.717, 1.165) is 65.0 Å². The molecule has 5 heterocycles. The Bertz CT molecular complexity index is 1750. The van der Waals surface area contributed by atoms with E-state index in [9.17, 15) is 18.0 Å². The molecular formula is C38H50ClN5O6S. The first-order chi connectivity index (χ1) is 24.5. The average Bonchev–Trinajstić information content (AvgIpc) is 3.26. The third-order valence-electron chi connectivity index (χ3n) is 12.0. The van der Waals surface area contributed by atoms with Crippen LogP contribution >= 0.6 is 11.6 Å². The number of aromatic nitrogens is 1. The lowest BCUT2D eigenvalue weighted by molar-refractivity contribution is -0.122. The third kappa shape index (κ3) is 7.71. The molecule has 3 fully saturated rings. The second kappa shape index (κ2) is 15.1. The number of rotatable bonds is 0. The lowest BCUT2D eigenvalue weighted by atomic mass is 9.69. The first kappa shape index (κ1) is 36.3. The van der Waals surface area contributed by atoms with Gasteiger partial charge in [0.1, 0.15) is 5.69 Å². The van der Waals surface area contributed by atoms with Crippen molar-refractivity contribution in [2.45, 2.75) is 69.1 Å². The Kier molecular flexibility index (Phi) is 10.8. The predicted octanol–water partition coefficient (Wildman–Crippen LogP) is 4.14. The standard InChI is InChI=1S/C31H36ClN3O5S.C7H14N2O/c1-19-5-3-7-27(36)24-10-8-22(24)16-35-17-31(14-4-6-21-15-23(32)9-11-25(21)31)18-40-28-13-12-26(33-29(28)35)30(37)34-41(38,39)20(19)2;1-2-9-3-4-10-6-7(9)5-8-1/h3,7,9,11-13,15,19-20,22,24H,4-6,8,10,14,16-18H2,1-2H3,(H,34,37);7-8H,1-6H2/b7-3+;/t19-,20+,22-,24+,31-;7-/m00/s1. The summed E-state index contributed by atoms with van der Waals surface area (Å²) in [6.07, 6.45) is 8.44. The Labute approximate surface area is 306 Å². The normalized spacial score (nSPS) is 32.7. The van der Waals surface area contributed by atoms with E-state index in [1.807, 2.05) is 19.1 Å². The van der Waals surface area contributed by atoms with Gasteiger partial charge in [-0.25, -0.2) is 18.1 Å². The number of hydrogen-bond acceptors (Lipinski definition) is 10. The van der Waals surface area contributed by atoms with Crippen LogP contribution in [0.5, 0.6) is 5.75 Å². The summed E-state index contributed by atoms with van der Waals surface area (Å²) in [6, 6.07) is 9.96. The van der Waals surface area contributed by atoms with Crippen molar-refractivity contribution in [1.82, 2.24) is 19.9 Å². The quantitative estimate of drug-likeness (QED) is 0.407. The molecule has 1 aromatic carbocycles. The van der Waals surface area contributed by atoms with E-state index in [1.54, 1.807) is 25.1 Å². The highest BCUT2D eigenvalue weighted by Gasteiger charge is 2.45. The molecule has 0 unspecified atom stereocenters. The molecule has 2 aliphatic carbocycles. The van der Waals surface area contributed by atoms with E-state index in [1.165, 1.54) is 23.7 Å². The number of ether oxygens (including phenoxy) is 2. The first-order valence-electron chi connectivity index (χ1n) is 18.5. The number of carbonyl (C=O) groups excluding carboxylic acids is 2. The fourth-order valence-corrected chi connectivity index (χ4v) is 9.98. The summed E-state index contributed by atoms with van der Waals surface area (Å²) in [5.41, 5.74) is 2.13. The minimum atomic E-state index is -3.97. The molecule has 11 nitrogen and oxygen atoms in total. The van der Waals surface area contributed by atoms with Gasteiger partial charge in [0.2, 0.25) is 10.0 Å². The van der Waals surface area contributed by atoms with Gasteiger partial charge in [-0.05, 0) is 98.8 Å². The van der Waals surface area contributed by atoms with Gasteiger partial charge in [-0.3, -0.25) is 14.5 Å². The molecule has 6 atom stereocenters. The average molecular weight is 740 g/mol. The number of aryl methyl sites for hydroxylation is 1. The summed E-state index contributed by atoms with van der Waals surface area (Å²) in [4.78, 5) is 35.8. The van der Waals surface area contributed by atoms with Crippen molar-refractivity contribution >= 4 is 39.1 Å². The van der Waals surface area contributed by atoms with Crippen LogP contribution in [0, 0.1) is 17.8 Å². The minimum absolute atomic E-state index is 0.0146. The van der Waals surface area contributed by atoms with Crippen molar-refractivity contribution in [3.8, 4) is 5.75 Å². The monoisotopic (exact) mass is 739 g/mol. The highest BCUT2D eigenvalue weighted by molar-refractivity contribution is 7.90. The maximum Gasteiger partial charge on any atom is 0.283 e. The minimum Gasteiger partial charge on any atom is -0.489 e. The maximum atomic E-state index is 13.2. The molecule has 1 saturated carbocycles. The number of benzene rings is 1. The fraction of sp³-hybridized carbons (Fsp3) is 0.605. The SMILES string of the molecule is C1CN2CCOC[C@@H]2CN1.C[C@@H]1[C@@H](C)C/C=C/C(=O)[C@@H]2CC[C@H]2CN2C[C@@]3(CCCc4cc(Cl)ccc43)COc3ccc(nc32)C(=O)NS1(=O)=O. The summed E-state index contributed by atoms with van der Waals surface area (Å²) < 4.78 is 40.2. The number of hydrogen-bond donors (Lipinski definition) is 2. The Balaban J connectivity index is 0.000000347. The van der Waals surface area contributed by atoms with E-state index in [-0.39, 0.29) is 34.6 Å². The Morgan fingerprint density at radius 3 is 2.76 bits per heavy atom. The maximum absolute atomic E-state index is 13.2. The number of sulfonamides is 1. The molecule has 4 aliphatic heterocycles. The van der Waals surface area contributed by atoms with Gasteiger partial charge in [-0.2, -0.15) is 0 Å². The van der Waals surface area contributed by atoms with Gasteiger partial charge in [-0.15, -0.1) is 0 Å². The zero-order valence-corrected chi connectivity index (χ0v) is 31.2. The van der Waals surface area contributed by atoms with Crippen molar-refractivity contribution in [3.63, 3.8) is 0 Å². The zero-order chi connectivity index (χ0) is 35.8. The lowest BCUT2D eigenvalue weighted by Crippen LogP contribution is -2.56. The van der Waals surface area contributed by atoms with Crippen LogP contribution in [0.3, 0.4) is 0 Å². The number of piperazine rings is 1. The van der Waals surface area contributed by atoms with Gasteiger partial charge in [0, 0.05) is 61.7 Å². The van der Waals surface area contributed by atoms with Crippen molar-refractivity contribution in [3.05, 3.63) is 64.3 Å². The smallest absolute Gasteiger partial charge is 0.283 e. The number of nitrogens with zero attached hydrogens (tertiary/aromatic N) is 3. The van der Waals surface area contributed by atoms with E-state index in [0.29, 0.717) is 48.7 Å². The van der Waals surface area contributed by atoms with Crippen LogP contribution < -0.4 is 19.7 Å². The molecule has 13 heteroatoms. The molecule has 8 rings (SSSR count). The number of pyridine rings is 1. The van der Waals surface area contributed by atoms with Crippen molar-refractivity contribution in [2.24, 2.45) is 17.8 Å². The number of halogens is 1. The number of fused-ring (bicyclic) bond motifs is 5. The highest BCUT2D eigenvalue weighted by atomic mass is 35.5. The van der Waals surface area contributed by atoms with Crippen LogP contribution in [0.15, 0.2) is 42.5 Å². The summed E-state index contributed by atoms with van der Waals surface area (Å²) in [6.45, 7) is 11.5. The largest absolute Gasteiger partial charge is 0.489 e. The Morgan fingerprint density at radius 1 is 1.10 bits per heavy atom. The van der Waals surface area contributed by atoms with Crippen LogP contribution in [-0.4, -0.2) is 100 Å². The van der Waals surface area contributed by atoms with Gasteiger partial charge in [0.05, 0.1) is 25.1 Å². The second-order valence-electron chi connectivity index (χ2n) is 15.2. The molecule has 1 spiro atoms. The predicted molar refractivity (Wildman–Crippen MR) is 197 cm³/mol. The summed E-state index contributed by atoms with van der Waals surface area (Å²) in [7, 11) is -3.97. The van der Waals surface area contributed by atoms with Crippen LogP contribution in [0.2, 0.25) is 5.02 Å². The molecule has 2 aromatic rings. The molecule has 1 amide bonds. The molecule has 0 radical (unpaired) electrons. The molecule has 276 valence electrons. The van der Waals surface area contributed by atoms with Gasteiger partial charge < -0.3 is 19.7 Å². The molecular weight excluding hydrogens is 690 g/mol. The van der Waals surface area contributed by atoms with Crippen LogP contribution in [0.25, 0.3) is 0 Å². The third-order valence-corrected chi connectivity index (χ3v) is 14.1. The number of carbonyl (C=O) groups is 2. The van der Waals surface area contributed by atoms with E-state index >= 15 is 0 Å². The molecule has 51 heavy (non-hydrogen) atoms. The van der Waals surface area contributed by atoms with Crippen molar-refractivity contribution < 1.29 is 27.5 Å². The van der Waals surface area contributed by atoms with Gasteiger partial charge >= 0.3 is 0 Å². The number of anilines is 1. The Morgan fingerprint density at radius 2 is 1.96 bits per heavy atom. The van der Waals surface area contributed by atoms with Crippen LogP contribution in [0.4, 0.5) is 5.82 Å². The van der Waals surface area contributed by atoms with Crippen LogP contribution in [-0.2, 0) is 31.4 Å². The highest BCUT2D eigenvalue weighted by Crippen LogP contribution is 2.45. The first-order valence-corrected chi connectivity index (χ1v) is 20.4. The summed E-state index contributed by atoms with van der Waals surface area (Å²) in [5.74, 6) is 0.147. The topological polar surface area (TPSA) is 130 Å². The van der Waals surface area contributed by atoms with Gasteiger partial charge in [0.25, 0.3) is 5.91 Å². The van der Waals surface area contributed by atoms with E-state index in [2.05, 4.69) is 25.9 Å².